The number of hydrogen-bond donors (Lipinski definition) is 1. The van der Waals surface area contributed by atoms with Crippen LogP contribution in [0.15, 0.2) is 4.99 Å². The summed E-state index contributed by atoms with van der Waals surface area (Å²) in [6.07, 6.45) is 6.37. The summed E-state index contributed by atoms with van der Waals surface area (Å²) in [4.78, 5) is 6.89. The van der Waals surface area contributed by atoms with Gasteiger partial charge in [-0.15, -0.1) is 0 Å². The van der Waals surface area contributed by atoms with Crippen molar-refractivity contribution >= 4 is 5.96 Å². The molecule has 0 amide bonds. The van der Waals surface area contributed by atoms with E-state index in [9.17, 15) is 0 Å². The summed E-state index contributed by atoms with van der Waals surface area (Å²) in [7, 11) is 1.87. The minimum absolute atomic E-state index is 0.129. The van der Waals surface area contributed by atoms with Gasteiger partial charge in [-0.1, -0.05) is 27.2 Å². The van der Waals surface area contributed by atoms with Crippen molar-refractivity contribution in [2.75, 3.05) is 40.0 Å². The van der Waals surface area contributed by atoms with Crippen LogP contribution < -0.4 is 5.32 Å². The highest BCUT2D eigenvalue weighted by molar-refractivity contribution is 5.80. The Labute approximate surface area is 158 Å². The Morgan fingerprint density at radius 3 is 2.73 bits per heavy atom. The quantitative estimate of drug-likeness (QED) is 0.444. The number of nitrogens with one attached hydrogen (secondary N) is 1. The molecule has 1 N–H and O–H groups in total. The largest absolute Gasteiger partial charge is 0.378 e. The molecular formula is C20H37N3O3. The van der Waals surface area contributed by atoms with E-state index in [1.807, 2.05) is 7.05 Å². The summed E-state index contributed by atoms with van der Waals surface area (Å²) < 4.78 is 17.9. The van der Waals surface area contributed by atoms with Crippen LogP contribution in [0.4, 0.5) is 0 Å². The molecule has 1 saturated carbocycles. The monoisotopic (exact) mass is 367 g/mol. The molecule has 4 atom stereocenters. The second-order valence-electron chi connectivity index (χ2n) is 8.42. The van der Waals surface area contributed by atoms with Crippen molar-refractivity contribution in [2.45, 2.75) is 77.2 Å². The topological polar surface area (TPSA) is 55.3 Å². The Kier molecular flexibility index (Phi) is 6.81. The average Bonchev–Trinajstić information content (AvgIpc) is 3.18. The van der Waals surface area contributed by atoms with Crippen LogP contribution in [0, 0.1) is 5.41 Å². The summed E-state index contributed by atoms with van der Waals surface area (Å²) in [5.41, 5.74) is 0.129. The van der Waals surface area contributed by atoms with Crippen molar-refractivity contribution in [1.29, 1.82) is 0 Å². The Hall–Kier alpha value is -0.850. The fraction of sp³-hybridized carbons (Fsp3) is 0.950. The molecule has 3 rings (SSSR count). The maximum atomic E-state index is 6.08. The molecule has 0 radical (unpaired) electrons. The van der Waals surface area contributed by atoms with Gasteiger partial charge in [-0.05, 0) is 25.7 Å². The molecular weight excluding hydrogens is 330 g/mol. The molecule has 0 bridgehead atoms. The zero-order chi connectivity index (χ0) is 18.6. The van der Waals surface area contributed by atoms with E-state index in [0.29, 0.717) is 12.1 Å². The van der Waals surface area contributed by atoms with E-state index < -0.39 is 0 Å². The molecule has 26 heavy (non-hydrogen) atoms. The SMILES string of the molecule is CCCCOC1CC(NC(=NC)N2CCOC(C3CCCO3)C2)C1(C)C. The molecule has 0 spiro atoms. The molecule has 0 aromatic rings. The van der Waals surface area contributed by atoms with E-state index in [1.165, 1.54) is 6.42 Å². The Balaban J connectivity index is 1.51. The number of rotatable bonds is 6. The van der Waals surface area contributed by atoms with Crippen molar-refractivity contribution in [1.82, 2.24) is 10.2 Å². The van der Waals surface area contributed by atoms with Gasteiger partial charge < -0.3 is 24.4 Å². The number of hydrogen-bond acceptors (Lipinski definition) is 4. The second-order valence-corrected chi connectivity index (χ2v) is 8.42. The highest BCUT2D eigenvalue weighted by atomic mass is 16.5. The Morgan fingerprint density at radius 1 is 1.27 bits per heavy atom. The Bertz CT molecular complexity index is 477. The van der Waals surface area contributed by atoms with Crippen LogP contribution in [-0.2, 0) is 14.2 Å². The van der Waals surface area contributed by atoms with Gasteiger partial charge in [0.15, 0.2) is 5.96 Å². The van der Waals surface area contributed by atoms with E-state index in [1.54, 1.807) is 0 Å². The lowest BCUT2D eigenvalue weighted by atomic mass is 9.64. The van der Waals surface area contributed by atoms with Gasteiger partial charge in [0, 0.05) is 44.8 Å². The van der Waals surface area contributed by atoms with E-state index in [0.717, 1.165) is 64.6 Å². The lowest BCUT2D eigenvalue weighted by molar-refractivity contribution is -0.115. The molecule has 2 aliphatic heterocycles. The van der Waals surface area contributed by atoms with Crippen LogP contribution in [0.3, 0.4) is 0 Å². The number of unbranched alkanes of at least 4 members (excludes halogenated alkanes) is 1. The summed E-state index contributed by atoms with van der Waals surface area (Å²) in [5, 5.41) is 3.69. The van der Waals surface area contributed by atoms with Gasteiger partial charge in [0.05, 0.1) is 18.8 Å². The first kappa shape index (κ1) is 19.9. The third-order valence-electron chi connectivity index (χ3n) is 6.28. The van der Waals surface area contributed by atoms with Gasteiger partial charge in [-0.25, -0.2) is 0 Å². The molecule has 1 aliphatic carbocycles. The number of guanidine groups is 1. The summed E-state index contributed by atoms with van der Waals surface area (Å²) in [5.74, 6) is 0.987. The van der Waals surface area contributed by atoms with Gasteiger partial charge in [0.25, 0.3) is 0 Å². The van der Waals surface area contributed by atoms with Gasteiger partial charge in [0.1, 0.15) is 6.10 Å². The molecule has 6 heteroatoms. The molecule has 2 heterocycles. The van der Waals surface area contributed by atoms with Gasteiger partial charge in [0.2, 0.25) is 0 Å². The molecule has 6 nitrogen and oxygen atoms in total. The fourth-order valence-corrected chi connectivity index (χ4v) is 4.22. The van der Waals surface area contributed by atoms with E-state index in [2.05, 4.69) is 36.0 Å². The highest BCUT2D eigenvalue weighted by Gasteiger charge is 2.49. The van der Waals surface area contributed by atoms with Gasteiger partial charge >= 0.3 is 0 Å². The molecule has 150 valence electrons. The maximum absolute atomic E-state index is 6.08. The van der Waals surface area contributed by atoms with Crippen LogP contribution in [0.25, 0.3) is 0 Å². The summed E-state index contributed by atoms with van der Waals surface area (Å²) >= 11 is 0. The zero-order valence-corrected chi connectivity index (χ0v) is 17.0. The van der Waals surface area contributed by atoms with Crippen LogP contribution in [0.2, 0.25) is 0 Å². The first-order chi connectivity index (χ1) is 12.6. The minimum Gasteiger partial charge on any atom is -0.378 e. The molecule has 0 aromatic heterocycles. The predicted octanol–water partition coefficient (Wildman–Crippen LogP) is 2.43. The van der Waals surface area contributed by atoms with Crippen LogP contribution >= 0.6 is 0 Å². The first-order valence-electron chi connectivity index (χ1n) is 10.4. The third-order valence-corrected chi connectivity index (χ3v) is 6.28. The van der Waals surface area contributed by atoms with Crippen molar-refractivity contribution in [3.63, 3.8) is 0 Å². The summed E-state index contributed by atoms with van der Waals surface area (Å²) in [6.45, 7) is 11.0. The number of ether oxygens (including phenoxy) is 3. The number of morpholine rings is 1. The first-order valence-corrected chi connectivity index (χ1v) is 10.4. The Morgan fingerprint density at radius 2 is 2.08 bits per heavy atom. The third kappa shape index (κ3) is 4.34. The molecule has 3 fully saturated rings. The predicted molar refractivity (Wildman–Crippen MR) is 104 cm³/mol. The fourth-order valence-electron chi connectivity index (χ4n) is 4.22. The van der Waals surface area contributed by atoms with E-state index >= 15 is 0 Å². The van der Waals surface area contributed by atoms with Crippen molar-refractivity contribution < 1.29 is 14.2 Å². The second kappa shape index (κ2) is 8.89. The van der Waals surface area contributed by atoms with E-state index in [-0.39, 0.29) is 17.6 Å². The van der Waals surface area contributed by atoms with Gasteiger partial charge in [-0.2, -0.15) is 0 Å². The maximum Gasteiger partial charge on any atom is 0.194 e. The van der Waals surface area contributed by atoms with Crippen molar-refractivity contribution in [3.05, 3.63) is 0 Å². The van der Waals surface area contributed by atoms with Crippen LogP contribution in [-0.4, -0.2) is 75.2 Å². The van der Waals surface area contributed by atoms with E-state index in [4.69, 9.17) is 14.2 Å². The zero-order valence-electron chi connectivity index (χ0n) is 17.0. The van der Waals surface area contributed by atoms with Crippen molar-refractivity contribution in [2.24, 2.45) is 10.4 Å². The minimum atomic E-state index is 0.129. The number of aliphatic imine (C=N–C) groups is 1. The molecule has 2 saturated heterocycles. The lowest BCUT2D eigenvalue weighted by Gasteiger charge is -2.53. The molecule has 4 unspecified atom stereocenters. The van der Waals surface area contributed by atoms with Crippen molar-refractivity contribution in [3.8, 4) is 0 Å². The van der Waals surface area contributed by atoms with Crippen LogP contribution in [0.1, 0.15) is 52.9 Å². The lowest BCUT2D eigenvalue weighted by Crippen LogP contribution is -2.65. The smallest absolute Gasteiger partial charge is 0.194 e. The number of nitrogens with zero attached hydrogens (tertiary/aromatic N) is 2. The summed E-state index contributed by atoms with van der Waals surface area (Å²) in [6, 6.07) is 0.400. The van der Waals surface area contributed by atoms with Gasteiger partial charge in [-0.3, -0.25) is 4.99 Å². The standard InChI is InChI=1S/C20H37N3O3/c1-5-6-10-26-18-13-17(20(18,2)3)22-19(21-4)23-9-12-25-16(14-23)15-8-7-11-24-15/h15-18H,5-14H2,1-4H3,(H,21,22). The highest BCUT2D eigenvalue weighted by Crippen LogP contribution is 2.43. The molecule has 3 aliphatic rings. The average molecular weight is 368 g/mol. The molecule has 0 aromatic carbocycles. The van der Waals surface area contributed by atoms with Crippen LogP contribution in [0.5, 0.6) is 0 Å². The normalized spacial score (nSPS) is 34.6.